The molecule has 2 aromatic heterocycles. The first kappa shape index (κ1) is 24.3. The summed E-state index contributed by atoms with van der Waals surface area (Å²) in [5, 5.41) is 17.3. The number of aromatic nitrogens is 4. The highest BCUT2D eigenvalue weighted by Gasteiger charge is 2.36. The molecule has 1 fully saturated rings. The van der Waals surface area contributed by atoms with Gasteiger partial charge < -0.3 is 15.0 Å². The molecule has 1 aliphatic rings. The molecule has 0 bridgehead atoms. The Labute approximate surface area is 212 Å². The zero-order chi connectivity index (χ0) is 25.9. The molecule has 37 heavy (non-hydrogen) atoms. The van der Waals surface area contributed by atoms with Crippen LogP contribution in [0.1, 0.15) is 24.0 Å². The average Bonchev–Trinajstić information content (AvgIpc) is 3.63. The third kappa shape index (κ3) is 4.97. The van der Waals surface area contributed by atoms with Crippen LogP contribution in [-0.4, -0.2) is 51.7 Å². The van der Waals surface area contributed by atoms with Gasteiger partial charge in [0.2, 0.25) is 5.88 Å². The number of amides is 2. The Morgan fingerprint density at radius 2 is 1.95 bits per heavy atom. The number of rotatable bonds is 7. The van der Waals surface area contributed by atoms with E-state index in [0.717, 1.165) is 17.4 Å². The van der Waals surface area contributed by atoms with Crippen LogP contribution in [0.3, 0.4) is 0 Å². The molecule has 192 valence electrons. The summed E-state index contributed by atoms with van der Waals surface area (Å²) >= 11 is 0. The zero-order valence-electron chi connectivity index (χ0n) is 20.4. The molecule has 2 unspecified atom stereocenters. The first-order valence-electron chi connectivity index (χ1n) is 12.0. The molecule has 0 saturated carbocycles. The summed E-state index contributed by atoms with van der Waals surface area (Å²) in [6, 6.07) is 12.4. The number of benzene rings is 2. The van der Waals surface area contributed by atoms with E-state index in [1.165, 1.54) is 6.07 Å². The zero-order valence-corrected chi connectivity index (χ0v) is 20.4. The lowest BCUT2D eigenvalue weighted by Crippen LogP contribution is -2.42. The molecular formula is C26H27F2N7O2. The molecule has 2 amide bonds. The molecule has 4 aromatic rings. The van der Waals surface area contributed by atoms with Crippen LogP contribution in [0.15, 0.2) is 60.9 Å². The number of ether oxygens (including phenoxy) is 1. The van der Waals surface area contributed by atoms with Crippen LogP contribution in [0.2, 0.25) is 0 Å². The van der Waals surface area contributed by atoms with E-state index in [2.05, 4.69) is 25.9 Å². The van der Waals surface area contributed by atoms with Gasteiger partial charge >= 0.3 is 6.03 Å². The lowest BCUT2D eigenvalue weighted by atomic mass is 9.94. The maximum atomic E-state index is 14.1. The highest BCUT2D eigenvalue weighted by atomic mass is 19.2. The van der Waals surface area contributed by atoms with Crippen molar-refractivity contribution in [3.05, 3.63) is 83.7 Å². The van der Waals surface area contributed by atoms with E-state index >= 15 is 0 Å². The predicted octanol–water partition coefficient (Wildman–Crippen LogP) is 4.37. The number of carbonyl (C=O) groups excluding carboxylic acids is 1. The Morgan fingerprint density at radius 3 is 2.65 bits per heavy atom. The number of para-hydroxylation sites is 1. The first-order valence-corrected chi connectivity index (χ1v) is 12.0. The van der Waals surface area contributed by atoms with Gasteiger partial charge in [0.25, 0.3) is 0 Å². The fourth-order valence-corrected chi connectivity index (χ4v) is 4.62. The van der Waals surface area contributed by atoms with Crippen molar-refractivity contribution in [1.82, 2.24) is 25.3 Å². The van der Waals surface area contributed by atoms with Crippen molar-refractivity contribution in [3.63, 3.8) is 0 Å². The standard InChI is InChI=1S/C26H27F2N7O2/c1-3-37-25-16(2)24(35(33-25)18-7-5-4-6-8-18)32-26(36)31-23-15-34(19-12-29-30-13-19)14-20(23)17-9-10-21(27)22(28)11-17/h4-13,20,23H,3,14-15H2,1-2H3,(H,29,30)(H2,31,32,36). The van der Waals surface area contributed by atoms with E-state index in [-0.39, 0.29) is 12.0 Å². The molecule has 0 radical (unpaired) electrons. The van der Waals surface area contributed by atoms with Crippen LogP contribution < -0.4 is 20.3 Å². The molecule has 2 aromatic carbocycles. The maximum Gasteiger partial charge on any atom is 0.320 e. The second kappa shape index (κ2) is 10.3. The van der Waals surface area contributed by atoms with Crippen LogP contribution >= 0.6 is 0 Å². The van der Waals surface area contributed by atoms with E-state index < -0.39 is 17.7 Å². The van der Waals surface area contributed by atoms with Crippen molar-refractivity contribution in [2.24, 2.45) is 0 Å². The number of halogens is 2. The number of aromatic amines is 1. The van der Waals surface area contributed by atoms with Gasteiger partial charge in [-0.25, -0.2) is 18.3 Å². The molecule has 5 rings (SSSR count). The number of H-pyrrole nitrogens is 1. The molecule has 0 spiro atoms. The fourth-order valence-electron chi connectivity index (χ4n) is 4.62. The SMILES string of the molecule is CCOc1nn(-c2ccccc2)c(NC(=O)NC2CN(c3cn[nH]c3)CC2c2ccc(F)c(F)c2)c1C. The molecule has 3 heterocycles. The van der Waals surface area contributed by atoms with E-state index in [4.69, 9.17) is 4.74 Å². The number of nitrogens with zero attached hydrogens (tertiary/aromatic N) is 4. The van der Waals surface area contributed by atoms with Gasteiger partial charge in [0, 0.05) is 25.2 Å². The van der Waals surface area contributed by atoms with Crippen LogP contribution in [0, 0.1) is 18.6 Å². The molecule has 3 N–H and O–H groups in total. The Bertz CT molecular complexity index is 1380. The Morgan fingerprint density at radius 1 is 1.14 bits per heavy atom. The predicted molar refractivity (Wildman–Crippen MR) is 135 cm³/mol. The van der Waals surface area contributed by atoms with Gasteiger partial charge in [-0.05, 0) is 43.7 Å². The molecule has 1 aliphatic heterocycles. The third-order valence-electron chi connectivity index (χ3n) is 6.45. The molecule has 9 nitrogen and oxygen atoms in total. The largest absolute Gasteiger partial charge is 0.477 e. The van der Waals surface area contributed by atoms with Gasteiger partial charge in [0.1, 0.15) is 5.82 Å². The highest BCUT2D eigenvalue weighted by molar-refractivity contribution is 5.90. The summed E-state index contributed by atoms with van der Waals surface area (Å²) in [6.07, 6.45) is 3.43. The summed E-state index contributed by atoms with van der Waals surface area (Å²) in [6.45, 7) is 5.07. The van der Waals surface area contributed by atoms with Crippen LogP contribution in [0.5, 0.6) is 5.88 Å². The Hall–Kier alpha value is -4.41. The van der Waals surface area contributed by atoms with Crippen LogP contribution in [-0.2, 0) is 0 Å². The van der Waals surface area contributed by atoms with Crippen LogP contribution in [0.4, 0.5) is 25.1 Å². The quantitative estimate of drug-likeness (QED) is 0.345. The number of carbonyl (C=O) groups is 1. The lowest BCUT2D eigenvalue weighted by molar-refractivity contribution is 0.248. The lowest BCUT2D eigenvalue weighted by Gasteiger charge is -2.21. The van der Waals surface area contributed by atoms with E-state index in [1.54, 1.807) is 23.1 Å². The summed E-state index contributed by atoms with van der Waals surface area (Å²) in [7, 11) is 0. The van der Waals surface area contributed by atoms with Gasteiger partial charge in [0.05, 0.1) is 35.8 Å². The Kier molecular flexibility index (Phi) is 6.76. The molecule has 1 saturated heterocycles. The normalized spacial score (nSPS) is 17.1. The number of anilines is 2. The fraction of sp³-hybridized carbons (Fsp3) is 0.269. The van der Waals surface area contributed by atoms with Crippen molar-refractivity contribution in [2.75, 3.05) is 29.9 Å². The van der Waals surface area contributed by atoms with Crippen molar-refractivity contribution in [2.45, 2.75) is 25.8 Å². The van der Waals surface area contributed by atoms with E-state index in [9.17, 15) is 13.6 Å². The molecule has 2 atom stereocenters. The van der Waals surface area contributed by atoms with Crippen molar-refractivity contribution in [3.8, 4) is 11.6 Å². The monoisotopic (exact) mass is 507 g/mol. The minimum absolute atomic E-state index is 0.283. The minimum Gasteiger partial charge on any atom is -0.477 e. The van der Waals surface area contributed by atoms with Gasteiger partial charge in [0.15, 0.2) is 11.6 Å². The second-order valence-corrected chi connectivity index (χ2v) is 8.81. The first-order chi connectivity index (χ1) is 17.9. The number of hydrogen-bond acceptors (Lipinski definition) is 5. The summed E-state index contributed by atoms with van der Waals surface area (Å²) in [4.78, 5) is 15.3. The number of urea groups is 1. The van der Waals surface area contributed by atoms with Crippen molar-refractivity contribution in [1.29, 1.82) is 0 Å². The smallest absolute Gasteiger partial charge is 0.320 e. The Balaban J connectivity index is 1.41. The maximum absolute atomic E-state index is 14.1. The number of hydrogen-bond donors (Lipinski definition) is 3. The van der Waals surface area contributed by atoms with Gasteiger partial charge in [-0.3, -0.25) is 10.4 Å². The molecular weight excluding hydrogens is 480 g/mol. The van der Waals surface area contributed by atoms with E-state index in [0.29, 0.717) is 42.5 Å². The van der Waals surface area contributed by atoms with Gasteiger partial charge in [-0.1, -0.05) is 24.3 Å². The summed E-state index contributed by atoms with van der Waals surface area (Å²) < 4.78 is 35.0. The number of nitrogens with one attached hydrogen (secondary N) is 3. The van der Waals surface area contributed by atoms with Gasteiger partial charge in [-0.2, -0.15) is 5.10 Å². The second-order valence-electron chi connectivity index (χ2n) is 8.81. The van der Waals surface area contributed by atoms with Gasteiger partial charge in [-0.15, -0.1) is 5.10 Å². The molecule has 11 heteroatoms. The van der Waals surface area contributed by atoms with Crippen LogP contribution in [0.25, 0.3) is 5.69 Å². The summed E-state index contributed by atoms with van der Waals surface area (Å²) in [5.74, 6) is -1.22. The summed E-state index contributed by atoms with van der Waals surface area (Å²) in [5.41, 5.74) is 2.89. The third-order valence-corrected chi connectivity index (χ3v) is 6.45. The topological polar surface area (TPSA) is 100 Å². The minimum atomic E-state index is -0.923. The molecule has 0 aliphatic carbocycles. The average molecular weight is 508 g/mol. The van der Waals surface area contributed by atoms with Crippen molar-refractivity contribution >= 4 is 17.5 Å². The highest BCUT2D eigenvalue weighted by Crippen LogP contribution is 2.32. The van der Waals surface area contributed by atoms with E-state index in [1.807, 2.05) is 49.1 Å². The van der Waals surface area contributed by atoms with Crippen molar-refractivity contribution < 1.29 is 18.3 Å².